The summed E-state index contributed by atoms with van der Waals surface area (Å²) in [5.74, 6) is -0.485. The molecule has 0 heterocycles. The van der Waals surface area contributed by atoms with Gasteiger partial charge in [0, 0.05) is 32.8 Å². The largest absolute Gasteiger partial charge is 0.381 e. The van der Waals surface area contributed by atoms with Crippen molar-refractivity contribution in [2.75, 3.05) is 32.8 Å². The van der Waals surface area contributed by atoms with Crippen LogP contribution in [0.15, 0.2) is 0 Å². The molecule has 2 amide bonds. The first-order valence-corrected chi connectivity index (χ1v) is 6.08. The van der Waals surface area contributed by atoms with E-state index in [4.69, 9.17) is 10.5 Å². The normalized spacial score (nSPS) is 14.4. The van der Waals surface area contributed by atoms with E-state index in [9.17, 15) is 9.59 Å². The highest BCUT2D eigenvalue weighted by atomic mass is 16.5. The molecule has 1 saturated carbocycles. The highest BCUT2D eigenvalue weighted by molar-refractivity contribution is 6.35. The van der Waals surface area contributed by atoms with E-state index in [-0.39, 0.29) is 0 Å². The Hall–Kier alpha value is -1.14. The molecule has 4 N–H and O–H groups in total. The van der Waals surface area contributed by atoms with Gasteiger partial charge in [-0.15, -0.1) is 0 Å². The van der Waals surface area contributed by atoms with Crippen molar-refractivity contribution in [2.45, 2.75) is 19.3 Å². The van der Waals surface area contributed by atoms with Gasteiger partial charge in [-0.25, -0.2) is 0 Å². The van der Waals surface area contributed by atoms with Crippen LogP contribution in [0, 0.1) is 5.92 Å². The maximum absolute atomic E-state index is 11.2. The van der Waals surface area contributed by atoms with E-state index >= 15 is 0 Å². The lowest BCUT2D eigenvalue weighted by atomic mass is 10.4. The molecule has 17 heavy (non-hydrogen) atoms. The van der Waals surface area contributed by atoms with Crippen LogP contribution in [0.3, 0.4) is 0 Å². The van der Waals surface area contributed by atoms with Crippen molar-refractivity contribution in [3.8, 4) is 0 Å². The third-order valence-electron chi connectivity index (χ3n) is 2.44. The molecule has 98 valence electrons. The summed E-state index contributed by atoms with van der Waals surface area (Å²) in [7, 11) is 0. The zero-order valence-corrected chi connectivity index (χ0v) is 10.0. The Kier molecular flexibility index (Phi) is 6.57. The number of nitrogens with one attached hydrogen (secondary N) is 2. The van der Waals surface area contributed by atoms with E-state index in [1.165, 1.54) is 12.8 Å². The van der Waals surface area contributed by atoms with Gasteiger partial charge in [0.1, 0.15) is 0 Å². The van der Waals surface area contributed by atoms with Gasteiger partial charge in [-0.05, 0) is 25.2 Å². The van der Waals surface area contributed by atoms with Crippen LogP contribution in [0.2, 0.25) is 0 Å². The third kappa shape index (κ3) is 6.91. The lowest BCUT2D eigenvalue weighted by Crippen LogP contribution is -2.42. The zero-order valence-electron chi connectivity index (χ0n) is 10.0. The molecule has 0 aromatic rings. The van der Waals surface area contributed by atoms with Gasteiger partial charge in [0.05, 0.1) is 0 Å². The molecule has 1 fully saturated rings. The first-order chi connectivity index (χ1) is 8.24. The van der Waals surface area contributed by atoms with Gasteiger partial charge in [0.15, 0.2) is 0 Å². The van der Waals surface area contributed by atoms with Crippen LogP contribution in [-0.4, -0.2) is 44.7 Å². The molecule has 1 aliphatic carbocycles. The van der Waals surface area contributed by atoms with Gasteiger partial charge < -0.3 is 21.1 Å². The summed E-state index contributed by atoms with van der Waals surface area (Å²) in [6.07, 6.45) is 3.28. The Balaban J connectivity index is 1.89. The average Bonchev–Trinajstić information content (AvgIpc) is 3.14. The minimum atomic E-state index is -0.630. The summed E-state index contributed by atoms with van der Waals surface area (Å²) in [4.78, 5) is 22.3. The number of rotatable bonds is 8. The molecule has 0 atom stereocenters. The highest BCUT2D eigenvalue weighted by Crippen LogP contribution is 2.28. The van der Waals surface area contributed by atoms with Gasteiger partial charge in [0.25, 0.3) is 0 Å². The van der Waals surface area contributed by atoms with Crippen molar-refractivity contribution in [3.05, 3.63) is 0 Å². The molecule has 6 nitrogen and oxygen atoms in total. The van der Waals surface area contributed by atoms with E-state index in [0.29, 0.717) is 26.2 Å². The molecular weight excluding hydrogens is 222 g/mol. The molecule has 0 radical (unpaired) electrons. The Labute approximate surface area is 101 Å². The van der Waals surface area contributed by atoms with Crippen molar-refractivity contribution in [1.82, 2.24) is 10.6 Å². The monoisotopic (exact) mass is 243 g/mol. The molecule has 1 rings (SSSR count). The summed E-state index contributed by atoms with van der Waals surface area (Å²) in [6, 6.07) is 0. The fourth-order valence-electron chi connectivity index (χ4n) is 1.26. The lowest BCUT2D eigenvalue weighted by Gasteiger charge is -2.06. The summed E-state index contributed by atoms with van der Waals surface area (Å²) in [5.41, 5.74) is 5.20. The first kappa shape index (κ1) is 13.9. The maximum Gasteiger partial charge on any atom is 0.309 e. The Morgan fingerprint density at radius 3 is 2.41 bits per heavy atom. The summed E-state index contributed by atoms with van der Waals surface area (Å²) < 4.78 is 5.40. The van der Waals surface area contributed by atoms with Crippen LogP contribution in [0.25, 0.3) is 0 Å². The second-order valence-corrected chi connectivity index (χ2v) is 4.17. The average molecular weight is 243 g/mol. The molecule has 0 aromatic heterocycles. The van der Waals surface area contributed by atoms with E-state index in [0.717, 1.165) is 18.9 Å². The van der Waals surface area contributed by atoms with Crippen LogP contribution in [-0.2, 0) is 14.3 Å². The molecule has 0 aliphatic heterocycles. The fourth-order valence-corrected chi connectivity index (χ4v) is 1.26. The SMILES string of the molecule is NCCNC(=O)C(=O)NCCCOCC1CC1. The van der Waals surface area contributed by atoms with Gasteiger partial charge in [-0.2, -0.15) is 0 Å². The lowest BCUT2D eigenvalue weighted by molar-refractivity contribution is -0.139. The van der Waals surface area contributed by atoms with E-state index in [1.54, 1.807) is 0 Å². The molecule has 6 heteroatoms. The number of amides is 2. The molecular formula is C11H21N3O3. The van der Waals surface area contributed by atoms with Crippen molar-refractivity contribution in [1.29, 1.82) is 0 Å². The third-order valence-corrected chi connectivity index (χ3v) is 2.44. The van der Waals surface area contributed by atoms with Gasteiger partial charge in [0.2, 0.25) is 0 Å². The number of hydrogen-bond donors (Lipinski definition) is 3. The van der Waals surface area contributed by atoms with Gasteiger partial charge in [-0.3, -0.25) is 9.59 Å². The van der Waals surface area contributed by atoms with Crippen LogP contribution in [0.5, 0.6) is 0 Å². The minimum Gasteiger partial charge on any atom is -0.381 e. The molecule has 0 aromatic carbocycles. The van der Waals surface area contributed by atoms with Gasteiger partial charge >= 0.3 is 11.8 Å². The number of carbonyl (C=O) groups excluding carboxylic acids is 2. The molecule has 0 unspecified atom stereocenters. The van der Waals surface area contributed by atoms with Crippen molar-refractivity contribution in [2.24, 2.45) is 11.7 Å². The predicted octanol–water partition coefficient (Wildman–Crippen LogP) is -1.01. The summed E-state index contributed by atoms with van der Waals surface area (Å²) in [5, 5.41) is 4.92. The molecule has 0 saturated heterocycles. The van der Waals surface area contributed by atoms with Crippen LogP contribution in [0.1, 0.15) is 19.3 Å². The second kappa shape index (κ2) is 8.03. The minimum absolute atomic E-state index is 0.316. The van der Waals surface area contributed by atoms with Crippen molar-refractivity contribution >= 4 is 11.8 Å². The molecule has 1 aliphatic rings. The van der Waals surface area contributed by atoms with Gasteiger partial charge in [-0.1, -0.05) is 0 Å². The number of hydrogen-bond acceptors (Lipinski definition) is 4. The number of nitrogens with two attached hydrogens (primary N) is 1. The molecule has 0 bridgehead atoms. The van der Waals surface area contributed by atoms with E-state index in [1.807, 2.05) is 0 Å². The van der Waals surface area contributed by atoms with Crippen LogP contribution in [0.4, 0.5) is 0 Å². The Morgan fingerprint density at radius 2 is 1.82 bits per heavy atom. The number of ether oxygens (including phenoxy) is 1. The topological polar surface area (TPSA) is 93.5 Å². The smallest absolute Gasteiger partial charge is 0.309 e. The second-order valence-electron chi connectivity index (χ2n) is 4.17. The zero-order chi connectivity index (χ0) is 12.5. The van der Waals surface area contributed by atoms with Crippen molar-refractivity contribution < 1.29 is 14.3 Å². The Bertz CT molecular complexity index is 254. The maximum atomic E-state index is 11.2. The number of carbonyl (C=O) groups is 2. The van der Waals surface area contributed by atoms with Crippen LogP contribution < -0.4 is 16.4 Å². The van der Waals surface area contributed by atoms with E-state index in [2.05, 4.69) is 10.6 Å². The molecule has 0 spiro atoms. The van der Waals surface area contributed by atoms with Crippen LogP contribution >= 0.6 is 0 Å². The summed E-state index contributed by atoms with van der Waals surface area (Å²) in [6.45, 7) is 2.55. The standard InChI is InChI=1S/C11H21N3O3/c12-4-6-14-11(16)10(15)13-5-1-7-17-8-9-2-3-9/h9H,1-8,12H2,(H,13,15)(H,14,16). The van der Waals surface area contributed by atoms with E-state index < -0.39 is 11.8 Å². The quantitative estimate of drug-likeness (QED) is 0.376. The fraction of sp³-hybridized carbons (Fsp3) is 0.818. The summed E-state index contributed by atoms with van der Waals surface area (Å²) >= 11 is 0. The highest BCUT2D eigenvalue weighted by Gasteiger charge is 2.20. The predicted molar refractivity (Wildman–Crippen MR) is 63.2 cm³/mol. The van der Waals surface area contributed by atoms with Crippen molar-refractivity contribution in [3.63, 3.8) is 0 Å². The Morgan fingerprint density at radius 1 is 1.18 bits per heavy atom. The first-order valence-electron chi connectivity index (χ1n) is 6.08.